The molecule has 0 aliphatic carbocycles. The molecule has 4 nitrogen and oxygen atoms in total. The summed E-state index contributed by atoms with van der Waals surface area (Å²) in [6.45, 7) is 4.17. The molecule has 0 fully saturated rings. The summed E-state index contributed by atoms with van der Waals surface area (Å²) >= 11 is 0. The number of hydrogen-bond acceptors (Lipinski definition) is 4. The van der Waals surface area contributed by atoms with Gasteiger partial charge in [0.2, 0.25) is 0 Å². The summed E-state index contributed by atoms with van der Waals surface area (Å²) in [6, 6.07) is 33.0. The van der Waals surface area contributed by atoms with Crippen LogP contribution in [0.25, 0.3) is 5.57 Å². The van der Waals surface area contributed by atoms with E-state index in [-0.39, 0.29) is 12.4 Å². The minimum atomic E-state index is -0.804. The van der Waals surface area contributed by atoms with Crippen molar-refractivity contribution in [2.75, 3.05) is 0 Å². The maximum absolute atomic E-state index is 12.5. The number of rotatable bonds is 7. The Labute approximate surface area is 192 Å². The lowest BCUT2D eigenvalue weighted by molar-refractivity contribution is 0.0926. The van der Waals surface area contributed by atoms with E-state index in [2.05, 4.69) is 6.58 Å². The highest BCUT2D eigenvalue weighted by Gasteiger charge is 2.11. The van der Waals surface area contributed by atoms with E-state index in [0.717, 1.165) is 22.3 Å². The number of benzene rings is 4. The zero-order chi connectivity index (χ0) is 23.0. The van der Waals surface area contributed by atoms with Gasteiger partial charge in [0.25, 0.3) is 0 Å². The smallest absolute Gasteiger partial charge is 0.429 e. The average Bonchev–Trinajstić information content (AvgIpc) is 2.88. The lowest BCUT2D eigenvalue weighted by Crippen LogP contribution is -2.10. The van der Waals surface area contributed by atoms with Crippen molar-refractivity contribution in [3.8, 4) is 5.75 Å². The first-order chi connectivity index (χ1) is 16.1. The van der Waals surface area contributed by atoms with E-state index in [0.29, 0.717) is 16.9 Å². The van der Waals surface area contributed by atoms with Crippen LogP contribution in [0.1, 0.15) is 32.6 Å². The van der Waals surface area contributed by atoms with E-state index in [9.17, 15) is 9.59 Å². The van der Waals surface area contributed by atoms with Crippen molar-refractivity contribution in [3.05, 3.63) is 144 Å². The molecule has 0 amide bonds. The molecule has 33 heavy (non-hydrogen) atoms. The molecular formula is C29H22O4. The van der Waals surface area contributed by atoms with Crippen LogP contribution < -0.4 is 4.74 Å². The molecule has 0 saturated heterocycles. The van der Waals surface area contributed by atoms with Gasteiger partial charge in [-0.05, 0) is 34.4 Å². The minimum absolute atomic E-state index is 0.0368. The molecule has 4 heteroatoms. The Morgan fingerprint density at radius 3 is 1.88 bits per heavy atom. The molecule has 4 aromatic rings. The van der Waals surface area contributed by atoms with E-state index in [1.807, 2.05) is 54.6 Å². The normalized spacial score (nSPS) is 10.3. The molecule has 0 atom stereocenters. The van der Waals surface area contributed by atoms with Crippen LogP contribution in [0.3, 0.4) is 0 Å². The zero-order valence-corrected chi connectivity index (χ0v) is 17.9. The Morgan fingerprint density at radius 1 is 0.636 bits per heavy atom. The predicted octanol–water partition coefficient (Wildman–Crippen LogP) is 6.69. The first-order valence-corrected chi connectivity index (χ1v) is 10.5. The second-order valence-corrected chi connectivity index (χ2v) is 7.41. The number of ketones is 1. The monoisotopic (exact) mass is 434 g/mol. The Kier molecular flexibility index (Phi) is 6.76. The molecule has 4 rings (SSSR count). The van der Waals surface area contributed by atoms with E-state index in [1.54, 1.807) is 54.6 Å². The molecule has 0 radical (unpaired) electrons. The van der Waals surface area contributed by atoms with E-state index >= 15 is 0 Å². The minimum Gasteiger partial charge on any atom is -0.429 e. The van der Waals surface area contributed by atoms with Crippen LogP contribution in [-0.2, 0) is 11.3 Å². The second-order valence-electron chi connectivity index (χ2n) is 7.41. The lowest BCUT2D eigenvalue weighted by atomic mass is 10.00. The molecule has 0 aromatic heterocycles. The standard InChI is InChI=1S/C29H22O4/c1-21(23-9-4-2-5-10-23)26-13-8-14-27(19-26)33-29(31)32-20-22-15-17-25(18-16-22)28(30)24-11-6-3-7-12-24/h2-19H,1,20H2. The van der Waals surface area contributed by atoms with Crippen molar-refractivity contribution >= 4 is 17.5 Å². The highest BCUT2D eigenvalue weighted by molar-refractivity contribution is 6.08. The summed E-state index contributed by atoms with van der Waals surface area (Å²) in [6.07, 6.45) is -0.804. The molecule has 0 heterocycles. The Hall–Kier alpha value is -4.44. The van der Waals surface area contributed by atoms with Gasteiger partial charge in [-0.2, -0.15) is 0 Å². The lowest BCUT2D eigenvalue weighted by Gasteiger charge is -2.10. The van der Waals surface area contributed by atoms with Crippen molar-refractivity contribution in [2.45, 2.75) is 6.61 Å². The Balaban J connectivity index is 1.33. The van der Waals surface area contributed by atoms with E-state index in [1.165, 1.54) is 0 Å². The van der Waals surface area contributed by atoms with E-state index < -0.39 is 6.16 Å². The van der Waals surface area contributed by atoms with Crippen molar-refractivity contribution in [1.29, 1.82) is 0 Å². The third-order valence-electron chi connectivity index (χ3n) is 5.11. The van der Waals surface area contributed by atoms with Gasteiger partial charge in [-0.25, -0.2) is 4.79 Å². The van der Waals surface area contributed by atoms with Crippen LogP contribution in [0, 0.1) is 0 Å². The van der Waals surface area contributed by atoms with Gasteiger partial charge in [0.15, 0.2) is 5.78 Å². The summed E-state index contributed by atoms with van der Waals surface area (Å²) in [5, 5.41) is 0. The molecule has 0 bridgehead atoms. The SMILES string of the molecule is C=C(c1ccccc1)c1cccc(OC(=O)OCc2ccc(C(=O)c3ccccc3)cc2)c1. The fourth-order valence-corrected chi connectivity index (χ4v) is 3.33. The van der Waals surface area contributed by atoms with E-state index in [4.69, 9.17) is 9.47 Å². The van der Waals surface area contributed by atoms with Crippen LogP contribution in [0.2, 0.25) is 0 Å². The van der Waals surface area contributed by atoms with Crippen LogP contribution in [0.5, 0.6) is 5.75 Å². The van der Waals surface area contributed by atoms with Crippen molar-refractivity contribution in [3.63, 3.8) is 0 Å². The third kappa shape index (κ3) is 5.63. The van der Waals surface area contributed by atoms with Crippen molar-refractivity contribution in [2.24, 2.45) is 0 Å². The summed E-state index contributed by atoms with van der Waals surface area (Å²) < 4.78 is 10.6. The highest BCUT2D eigenvalue weighted by Crippen LogP contribution is 2.25. The maximum Gasteiger partial charge on any atom is 0.514 e. The molecular weight excluding hydrogens is 412 g/mol. The molecule has 162 valence electrons. The average molecular weight is 434 g/mol. The maximum atomic E-state index is 12.5. The van der Waals surface area contributed by atoms with Gasteiger partial charge in [-0.1, -0.05) is 104 Å². The first kappa shape index (κ1) is 21.8. The van der Waals surface area contributed by atoms with Crippen molar-refractivity contribution < 1.29 is 19.1 Å². The first-order valence-electron chi connectivity index (χ1n) is 10.5. The van der Waals surface area contributed by atoms with Crippen LogP contribution in [0.4, 0.5) is 4.79 Å². The van der Waals surface area contributed by atoms with Crippen molar-refractivity contribution in [1.82, 2.24) is 0 Å². The number of ether oxygens (including phenoxy) is 2. The Bertz CT molecular complexity index is 1260. The molecule has 0 N–H and O–H groups in total. The quantitative estimate of drug-likeness (QED) is 0.185. The molecule has 4 aromatic carbocycles. The highest BCUT2D eigenvalue weighted by atomic mass is 16.7. The molecule has 0 saturated carbocycles. The second kappa shape index (κ2) is 10.2. The summed E-state index contributed by atoms with van der Waals surface area (Å²) in [5.41, 5.74) is 4.63. The number of carbonyl (C=O) groups excluding carboxylic acids is 2. The third-order valence-corrected chi connectivity index (χ3v) is 5.11. The Morgan fingerprint density at radius 2 is 1.21 bits per heavy atom. The summed E-state index contributed by atoms with van der Waals surface area (Å²) in [5.74, 6) is 0.317. The summed E-state index contributed by atoms with van der Waals surface area (Å²) in [4.78, 5) is 24.7. The van der Waals surface area contributed by atoms with Gasteiger partial charge >= 0.3 is 6.16 Å². The van der Waals surface area contributed by atoms with Gasteiger partial charge in [-0.3, -0.25) is 4.79 Å². The largest absolute Gasteiger partial charge is 0.514 e. The van der Waals surface area contributed by atoms with Crippen LogP contribution >= 0.6 is 0 Å². The van der Waals surface area contributed by atoms with Gasteiger partial charge in [0.05, 0.1) is 0 Å². The van der Waals surface area contributed by atoms with Gasteiger partial charge in [-0.15, -0.1) is 0 Å². The summed E-state index contributed by atoms with van der Waals surface area (Å²) in [7, 11) is 0. The molecule has 0 unspecified atom stereocenters. The number of carbonyl (C=O) groups is 2. The number of hydrogen-bond donors (Lipinski definition) is 0. The van der Waals surface area contributed by atoms with Crippen LogP contribution in [-0.4, -0.2) is 11.9 Å². The van der Waals surface area contributed by atoms with Gasteiger partial charge in [0, 0.05) is 11.1 Å². The molecule has 0 spiro atoms. The molecule has 0 aliphatic rings. The fraction of sp³-hybridized carbons (Fsp3) is 0.0345. The molecule has 0 aliphatic heterocycles. The zero-order valence-electron chi connectivity index (χ0n) is 17.9. The predicted molar refractivity (Wildman–Crippen MR) is 128 cm³/mol. The topological polar surface area (TPSA) is 52.6 Å². The van der Waals surface area contributed by atoms with Gasteiger partial charge in [0.1, 0.15) is 12.4 Å². The van der Waals surface area contributed by atoms with Crippen LogP contribution in [0.15, 0.2) is 116 Å². The fourth-order valence-electron chi connectivity index (χ4n) is 3.33. The van der Waals surface area contributed by atoms with Gasteiger partial charge < -0.3 is 9.47 Å².